The highest BCUT2D eigenvalue weighted by Crippen LogP contribution is 2.63. The molecule has 13 rings (SSSR count). The number of rotatable bonds is 5. The molecule has 0 fully saturated rings. The van der Waals surface area contributed by atoms with Crippen molar-refractivity contribution in [1.82, 2.24) is 0 Å². The summed E-state index contributed by atoms with van der Waals surface area (Å²) in [5.41, 5.74) is 23.7. The molecule has 0 N–H and O–H groups in total. The molecule has 63 heavy (non-hydrogen) atoms. The Labute approximate surface area is 369 Å². The van der Waals surface area contributed by atoms with Crippen molar-refractivity contribution >= 4 is 27.8 Å². The summed E-state index contributed by atoms with van der Waals surface area (Å²) in [4.78, 5) is 2.50. The van der Waals surface area contributed by atoms with Crippen molar-refractivity contribution in [2.24, 2.45) is 0 Å². The topological polar surface area (TPSA) is 3.24 Å². The van der Waals surface area contributed by atoms with E-state index in [1.54, 1.807) is 0 Å². The second-order valence-electron chi connectivity index (χ2n) is 18.0. The molecule has 1 heteroatoms. The normalized spacial score (nSPS) is 14.1. The van der Waals surface area contributed by atoms with Crippen LogP contribution in [0, 0.1) is 0 Å². The van der Waals surface area contributed by atoms with Crippen molar-refractivity contribution in [1.29, 1.82) is 0 Å². The fourth-order valence-corrected chi connectivity index (χ4v) is 11.7. The standard InChI is InChI=1S/C62H43N/c1-61(2)55-24-12-8-23-51(55)54-39-47(38-52(60(54)61)42-17-4-3-5-18-42)63(45-32-30-41(31-33-45)44-29-28-40-16-6-7-19-43(40)36-44)46-34-35-59-53(37-46)50-22-11-15-27-58(50)62(59)56-25-13-9-20-48(56)49-21-10-14-26-57(49)62/h3-39H,1-2H3. The molecule has 1 spiro atoms. The molecule has 0 heterocycles. The molecule has 3 aliphatic rings. The fourth-order valence-electron chi connectivity index (χ4n) is 11.7. The Hall–Kier alpha value is -7.74. The van der Waals surface area contributed by atoms with Crippen molar-refractivity contribution in [2.75, 3.05) is 4.90 Å². The summed E-state index contributed by atoms with van der Waals surface area (Å²) < 4.78 is 0. The van der Waals surface area contributed by atoms with Crippen LogP contribution in [0.4, 0.5) is 17.1 Å². The Kier molecular flexibility index (Phi) is 7.64. The molecule has 0 saturated carbocycles. The first-order chi connectivity index (χ1) is 31.0. The van der Waals surface area contributed by atoms with Crippen LogP contribution in [0.5, 0.6) is 0 Å². The van der Waals surface area contributed by atoms with Gasteiger partial charge in [0.2, 0.25) is 0 Å². The summed E-state index contributed by atoms with van der Waals surface area (Å²) in [6.45, 7) is 4.78. The van der Waals surface area contributed by atoms with Crippen molar-refractivity contribution in [2.45, 2.75) is 24.7 Å². The fraction of sp³-hybridized carbons (Fsp3) is 0.0645. The molecule has 0 aromatic heterocycles. The van der Waals surface area contributed by atoms with E-state index >= 15 is 0 Å². The smallest absolute Gasteiger partial charge is 0.0725 e. The minimum atomic E-state index is -0.396. The van der Waals surface area contributed by atoms with E-state index in [-0.39, 0.29) is 5.41 Å². The summed E-state index contributed by atoms with van der Waals surface area (Å²) in [5, 5.41) is 2.50. The lowest BCUT2D eigenvalue weighted by Crippen LogP contribution is -2.25. The van der Waals surface area contributed by atoms with Crippen LogP contribution >= 0.6 is 0 Å². The lowest BCUT2D eigenvalue weighted by molar-refractivity contribution is 0.662. The van der Waals surface area contributed by atoms with E-state index in [0.717, 1.165) is 17.1 Å². The van der Waals surface area contributed by atoms with Crippen molar-refractivity contribution in [3.63, 3.8) is 0 Å². The molecule has 0 bridgehead atoms. The SMILES string of the molecule is CC1(C)c2ccccc2-c2cc(N(c3ccc(-c4ccc5ccccc5c4)cc3)c3ccc4c(c3)-c3ccccc3C43c4ccccc4-c4ccccc43)cc(-c3ccccc3)c21. The van der Waals surface area contributed by atoms with Crippen LogP contribution in [0.3, 0.4) is 0 Å². The van der Waals surface area contributed by atoms with Gasteiger partial charge in [-0.1, -0.05) is 196 Å². The Bertz CT molecular complexity index is 3440. The Morgan fingerprint density at radius 1 is 0.286 bits per heavy atom. The van der Waals surface area contributed by atoms with Crippen LogP contribution in [0.25, 0.3) is 66.4 Å². The average Bonchev–Trinajstić information content (AvgIpc) is 3.90. The largest absolute Gasteiger partial charge is 0.310 e. The monoisotopic (exact) mass is 801 g/mol. The third kappa shape index (κ3) is 5.05. The van der Waals surface area contributed by atoms with Crippen LogP contribution < -0.4 is 4.90 Å². The molecule has 296 valence electrons. The maximum Gasteiger partial charge on any atom is 0.0725 e. The summed E-state index contributed by atoms with van der Waals surface area (Å²) in [6.07, 6.45) is 0. The van der Waals surface area contributed by atoms with Gasteiger partial charge in [-0.05, 0) is 142 Å². The maximum absolute atomic E-state index is 2.50. The second-order valence-corrected chi connectivity index (χ2v) is 18.0. The molecule has 0 saturated heterocycles. The van der Waals surface area contributed by atoms with Crippen molar-refractivity contribution in [3.05, 3.63) is 258 Å². The molecule has 1 nitrogen and oxygen atoms in total. The second kappa shape index (κ2) is 13.4. The molecule has 10 aromatic carbocycles. The highest BCUT2D eigenvalue weighted by molar-refractivity contribution is 5.98. The van der Waals surface area contributed by atoms with E-state index in [1.807, 2.05) is 0 Å². The van der Waals surface area contributed by atoms with Gasteiger partial charge in [0, 0.05) is 22.5 Å². The lowest BCUT2D eigenvalue weighted by atomic mass is 9.70. The predicted octanol–water partition coefficient (Wildman–Crippen LogP) is 16.3. The molecular formula is C62H43N. The number of anilines is 3. The number of nitrogens with zero attached hydrogens (tertiary/aromatic N) is 1. The van der Waals surface area contributed by atoms with Crippen LogP contribution in [0.2, 0.25) is 0 Å². The summed E-state index contributed by atoms with van der Waals surface area (Å²) in [5.74, 6) is 0. The number of hydrogen-bond acceptors (Lipinski definition) is 1. The first-order valence-electron chi connectivity index (χ1n) is 22.2. The van der Waals surface area contributed by atoms with E-state index < -0.39 is 5.41 Å². The highest BCUT2D eigenvalue weighted by Gasteiger charge is 2.51. The predicted molar refractivity (Wildman–Crippen MR) is 263 cm³/mol. The molecule has 3 aliphatic carbocycles. The number of benzene rings is 10. The van der Waals surface area contributed by atoms with Crippen molar-refractivity contribution in [3.8, 4) is 55.6 Å². The Morgan fingerprint density at radius 2 is 0.762 bits per heavy atom. The molecule has 0 unspecified atom stereocenters. The van der Waals surface area contributed by atoms with Crippen molar-refractivity contribution < 1.29 is 0 Å². The Balaban J connectivity index is 1.05. The Morgan fingerprint density at radius 3 is 1.43 bits per heavy atom. The van der Waals surface area contributed by atoms with Gasteiger partial charge in [0.1, 0.15) is 0 Å². The third-order valence-electron chi connectivity index (χ3n) is 14.4. The quantitative estimate of drug-likeness (QED) is 0.168. The van der Waals surface area contributed by atoms with Gasteiger partial charge >= 0.3 is 0 Å². The first-order valence-corrected chi connectivity index (χ1v) is 22.2. The van der Waals surface area contributed by atoms with Gasteiger partial charge in [-0.25, -0.2) is 0 Å². The van der Waals surface area contributed by atoms with Gasteiger partial charge in [0.15, 0.2) is 0 Å². The van der Waals surface area contributed by atoms with Gasteiger partial charge in [0.25, 0.3) is 0 Å². The molecule has 10 aromatic rings. The third-order valence-corrected chi connectivity index (χ3v) is 14.4. The van der Waals surface area contributed by atoms with E-state index in [1.165, 1.54) is 99.8 Å². The van der Waals surface area contributed by atoms with Crippen LogP contribution in [0.15, 0.2) is 224 Å². The van der Waals surface area contributed by atoms with Gasteiger partial charge in [0.05, 0.1) is 5.41 Å². The maximum atomic E-state index is 2.50. The molecule has 0 radical (unpaired) electrons. The van der Waals surface area contributed by atoms with E-state index in [2.05, 4.69) is 243 Å². The summed E-state index contributed by atoms with van der Waals surface area (Å²) in [7, 11) is 0. The van der Waals surface area contributed by atoms with Crippen LogP contribution in [0.1, 0.15) is 47.2 Å². The highest BCUT2D eigenvalue weighted by atomic mass is 15.1. The lowest BCUT2D eigenvalue weighted by Gasteiger charge is -2.32. The summed E-state index contributed by atoms with van der Waals surface area (Å²) >= 11 is 0. The minimum absolute atomic E-state index is 0.165. The molecule has 0 amide bonds. The van der Waals surface area contributed by atoms with Crippen LogP contribution in [-0.4, -0.2) is 0 Å². The minimum Gasteiger partial charge on any atom is -0.310 e. The van der Waals surface area contributed by atoms with E-state index in [4.69, 9.17) is 0 Å². The van der Waals surface area contributed by atoms with Gasteiger partial charge in [-0.2, -0.15) is 0 Å². The molecular weight excluding hydrogens is 759 g/mol. The van der Waals surface area contributed by atoms with E-state index in [0.29, 0.717) is 0 Å². The van der Waals surface area contributed by atoms with Gasteiger partial charge in [-0.3, -0.25) is 0 Å². The average molecular weight is 802 g/mol. The number of fused-ring (bicyclic) bond motifs is 14. The molecule has 0 aliphatic heterocycles. The zero-order valence-corrected chi connectivity index (χ0v) is 35.3. The summed E-state index contributed by atoms with van der Waals surface area (Å²) in [6, 6.07) is 84.0. The van der Waals surface area contributed by atoms with E-state index in [9.17, 15) is 0 Å². The first kappa shape index (κ1) is 36.0. The zero-order chi connectivity index (χ0) is 41.9. The zero-order valence-electron chi connectivity index (χ0n) is 35.3. The van der Waals surface area contributed by atoms with Gasteiger partial charge in [-0.15, -0.1) is 0 Å². The van der Waals surface area contributed by atoms with Gasteiger partial charge < -0.3 is 4.90 Å². The molecule has 0 atom stereocenters. The number of hydrogen-bond donors (Lipinski definition) is 0. The van der Waals surface area contributed by atoms with Crippen LogP contribution in [-0.2, 0) is 10.8 Å².